The highest BCUT2D eigenvalue weighted by Gasteiger charge is 2.34. The van der Waals surface area contributed by atoms with Gasteiger partial charge in [0, 0.05) is 5.69 Å². The van der Waals surface area contributed by atoms with Crippen molar-refractivity contribution >= 4 is 39.8 Å². The van der Waals surface area contributed by atoms with Crippen LogP contribution >= 0.6 is 11.3 Å². The van der Waals surface area contributed by atoms with Gasteiger partial charge in [0.2, 0.25) is 5.91 Å². The average Bonchev–Trinajstić information content (AvgIpc) is 3.10. The van der Waals surface area contributed by atoms with Crippen molar-refractivity contribution in [1.82, 2.24) is 0 Å². The molecule has 1 aliphatic carbocycles. The summed E-state index contributed by atoms with van der Waals surface area (Å²) in [7, 11) is 0. The molecule has 0 spiro atoms. The largest absolute Gasteiger partial charge is 0.481 e. The third-order valence-electron chi connectivity index (χ3n) is 4.26. The molecular formula is C19H18N2O4S. The van der Waals surface area contributed by atoms with Gasteiger partial charge in [-0.25, -0.2) is 0 Å². The number of thiophene rings is 1. The molecule has 3 rings (SSSR count). The Balaban J connectivity index is 1.72. The molecule has 0 saturated heterocycles. The lowest BCUT2D eigenvalue weighted by molar-refractivity contribution is -0.146. The number of hydrogen-bond acceptors (Lipinski definition) is 4. The summed E-state index contributed by atoms with van der Waals surface area (Å²) >= 11 is 1.23. The number of carboxylic acid groups (broad SMARTS) is 1. The Hall–Kier alpha value is -2.93. The van der Waals surface area contributed by atoms with Crippen molar-refractivity contribution in [1.29, 1.82) is 0 Å². The van der Waals surface area contributed by atoms with Gasteiger partial charge in [-0.1, -0.05) is 30.4 Å². The van der Waals surface area contributed by atoms with Crippen LogP contribution in [0.5, 0.6) is 0 Å². The number of nitrogens with one attached hydrogen (secondary N) is 2. The molecule has 26 heavy (non-hydrogen) atoms. The van der Waals surface area contributed by atoms with Gasteiger partial charge in [-0.2, -0.15) is 0 Å². The summed E-state index contributed by atoms with van der Waals surface area (Å²) < 4.78 is 0. The molecule has 2 unspecified atom stereocenters. The van der Waals surface area contributed by atoms with Crippen LogP contribution in [0.25, 0.3) is 0 Å². The highest BCUT2D eigenvalue weighted by Crippen LogP contribution is 2.30. The molecule has 2 atom stereocenters. The molecule has 1 aromatic heterocycles. The van der Waals surface area contributed by atoms with E-state index < -0.39 is 17.8 Å². The molecule has 134 valence electrons. The van der Waals surface area contributed by atoms with Crippen LogP contribution in [0, 0.1) is 11.8 Å². The summed E-state index contributed by atoms with van der Waals surface area (Å²) in [6.45, 7) is 0. The number of carbonyl (C=O) groups excluding carboxylic acids is 2. The molecule has 0 fully saturated rings. The summed E-state index contributed by atoms with van der Waals surface area (Å²) in [5.74, 6) is -3.09. The fourth-order valence-corrected chi connectivity index (χ4v) is 3.67. The highest BCUT2D eigenvalue weighted by atomic mass is 32.1. The van der Waals surface area contributed by atoms with E-state index >= 15 is 0 Å². The molecule has 3 N–H and O–H groups in total. The first kappa shape index (κ1) is 17.9. The summed E-state index contributed by atoms with van der Waals surface area (Å²) in [5, 5.41) is 17.0. The monoisotopic (exact) mass is 370 g/mol. The van der Waals surface area contributed by atoms with E-state index in [0.717, 1.165) is 0 Å². The fourth-order valence-electron chi connectivity index (χ4n) is 2.89. The quantitative estimate of drug-likeness (QED) is 0.701. The Morgan fingerprint density at radius 2 is 1.65 bits per heavy atom. The van der Waals surface area contributed by atoms with Crippen LogP contribution in [0.15, 0.2) is 53.9 Å². The minimum Gasteiger partial charge on any atom is -0.481 e. The lowest BCUT2D eigenvalue weighted by atomic mass is 9.82. The van der Waals surface area contributed by atoms with Crippen LogP contribution in [0.3, 0.4) is 0 Å². The number of allylic oxidation sites excluding steroid dienone is 2. The number of amides is 2. The Kier molecular flexibility index (Phi) is 5.48. The van der Waals surface area contributed by atoms with Crippen LogP contribution in [0.2, 0.25) is 0 Å². The summed E-state index contributed by atoms with van der Waals surface area (Å²) in [5.41, 5.74) is 1.01. The number of carbonyl (C=O) groups is 3. The minimum absolute atomic E-state index is 0.328. The van der Waals surface area contributed by atoms with E-state index in [4.69, 9.17) is 0 Å². The smallest absolute Gasteiger partial charge is 0.307 e. The molecule has 2 aromatic rings. The Labute approximate surface area is 154 Å². The zero-order valence-electron chi connectivity index (χ0n) is 13.8. The molecule has 0 bridgehead atoms. The number of benzene rings is 1. The van der Waals surface area contributed by atoms with Crippen LogP contribution < -0.4 is 10.6 Å². The predicted octanol–water partition coefficient (Wildman–Crippen LogP) is 3.61. The maximum Gasteiger partial charge on any atom is 0.307 e. The van der Waals surface area contributed by atoms with Gasteiger partial charge in [0.05, 0.1) is 17.4 Å². The molecule has 0 aliphatic heterocycles. The number of rotatable bonds is 5. The van der Waals surface area contributed by atoms with Gasteiger partial charge in [-0.3, -0.25) is 14.4 Å². The van der Waals surface area contributed by atoms with Crippen LogP contribution in [0.1, 0.15) is 23.2 Å². The van der Waals surface area contributed by atoms with E-state index in [0.29, 0.717) is 29.1 Å². The van der Waals surface area contributed by atoms with E-state index in [1.54, 1.807) is 29.7 Å². The summed E-state index contributed by atoms with van der Waals surface area (Å²) in [6, 6.07) is 10.7. The van der Waals surface area contributed by atoms with Gasteiger partial charge in [-0.05, 0) is 36.4 Å². The minimum atomic E-state index is -0.984. The third kappa shape index (κ3) is 4.00. The second-order valence-electron chi connectivity index (χ2n) is 5.97. The predicted molar refractivity (Wildman–Crippen MR) is 100 cm³/mol. The molecule has 0 radical (unpaired) electrons. The maximum absolute atomic E-state index is 12.6. The molecule has 0 saturated carbocycles. The van der Waals surface area contributed by atoms with Crippen molar-refractivity contribution in [3.8, 4) is 0 Å². The molecule has 2 amide bonds. The van der Waals surface area contributed by atoms with Gasteiger partial charge >= 0.3 is 5.97 Å². The first-order valence-electron chi connectivity index (χ1n) is 8.19. The lowest BCUT2D eigenvalue weighted by Crippen LogP contribution is -2.34. The molecule has 1 heterocycles. The first-order valence-corrected chi connectivity index (χ1v) is 9.07. The van der Waals surface area contributed by atoms with E-state index in [-0.39, 0.29) is 11.8 Å². The third-order valence-corrected chi connectivity index (χ3v) is 5.09. The zero-order valence-corrected chi connectivity index (χ0v) is 14.7. The molecule has 6 nitrogen and oxygen atoms in total. The number of hydrogen-bond donors (Lipinski definition) is 3. The van der Waals surface area contributed by atoms with Crippen molar-refractivity contribution in [2.24, 2.45) is 11.8 Å². The zero-order chi connectivity index (χ0) is 18.5. The molecule has 7 heteroatoms. The van der Waals surface area contributed by atoms with Gasteiger partial charge < -0.3 is 15.7 Å². The second-order valence-corrected chi connectivity index (χ2v) is 6.88. The van der Waals surface area contributed by atoms with Gasteiger partial charge in [0.25, 0.3) is 5.91 Å². The molecule has 1 aromatic carbocycles. The van der Waals surface area contributed by atoms with Crippen LogP contribution in [0.4, 0.5) is 10.7 Å². The van der Waals surface area contributed by atoms with Gasteiger partial charge in [-0.15, -0.1) is 11.3 Å². The molecule has 1 aliphatic rings. The van der Waals surface area contributed by atoms with Crippen molar-refractivity contribution in [2.75, 3.05) is 10.6 Å². The first-order chi connectivity index (χ1) is 12.6. The topological polar surface area (TPSA) is 95.5 Å². The standard InChI is InChI=1S/C19H18N2O4S/c22-16(13-8-4-5-9-14(13)19(24)25)21-18-15(10-11-26-18)17(23)20-12-6-2-1-3-7-12/h1-7,10-11,13-14H,8-9H2,(H,20,23)(H,21,22)(H,24,25). The maximum atomic E-state index is 12.6. The Morgan fingerprint density at radius 3 is 2.35 bits per heavy atom. The second kappa shape index (κ2) is 7.97. The van der Waals surface area contributed by atoms with E-state index in [1.165, 1.54) is 11.3 Å². The van der Waals surface area contributed by atoms with Crippen LogP contribution in [-0.4, -0.2) is 22.9 Å². The van der Waals surface area contributed by atoms with Crippen LogP contribution in [-0.2, 0) is 9.59 Å². The van der Waals surface area contributed by atoms with Gasteiger partial charge in [0.1, 0.15) is 5.00 Å². The van der Waals surface area contributed by atoms with Crippen molar-refractivity contribution in [2.45, 2.75) is 12.8 Å². The Morgan fingerprint density at radius 1 is 0.962 bits per heavy atom. The lowest BCUT2D eigenvalue weighted by Gasteiger charge is -2.24. The van der Waals surface area contributed by atoms with E-state index in [9.17, 15) is 19.5 Å². The Bertz CT molecular complexity index is 844. The van der Waals surface area contributed by atoms with Crippen molar-refractivity contribution < 1.29 is 19.5 Å². The van der Waals surface area contributed by atoms with Crippen molar-refractivity contribution in [3.05, 3.63) is 59.5 Å². The fraction of sp³-hybridized carbons (Fsp3) is 0.211. The number of aliphatic carboxylic acids is 1. The van der Waals surface area contributed by atoms with Gasteiger partial charge in [0.15, 0.2) is 0 Å². The normalized spacial score (nSPS) is 18.9. The number of para-hydroxylation sites is 1. The van der Waals surface area contributed by atoms with Crippen molar-refractivity contribution in [3.63, 3.8) is 0 Å². The molecular weight excluding hydrogens is 352 g/mol. The SMILES string of the molecule is O=C(Nc1ccccc1)c1ccsc1NC(=O)C1CC=CCC1C(=O)O. The summed E-state index contributed by atoms with van der Waals surface area (Å²) in [6.07, 6.45) is 4.31. The van der Waals surface area contributed by atoms with E-state index in [1.807, 2.05) is 24.3 Å². The average molecular weight is 370 g/mol. The summed E-state index contributed by atoms with van der Waals surface area (Å²) in [4.78, 5) is 36.4. The number of carboxylic acids is 1. The van der Waals surface area contributed by atoms with E-state index in [2.05, 4.69) is 10.6 Å². The number of anilines is 2. The highest BCUT2D eigenvalue weighted by molar-refractivity contribution is 7.14.